The molecule has 1 saturated heterocycles. The standard InChI is InChI=1S/C29H30F3N3O4/c30-29(31,32)22-11-7-10-21(15-22)27(37)33-16-25(36)34-23-17-35(18-23)28(12-5-2-6-13-28)26-24(38-19-39-26)14-20-8-3-1-4-9-20/h1-5,7-11,15,23H,6,12-14,16-19H2,(H,33,37)(H,34,36). The van der Waals surface area contributed by atoms with Crippen molar-refractivity contribution in [1.29, 1.82) is 0 Å². The zero-order chi connectivity index (χ0) is 27.5. The van der Waals surface area contributed by atoms with Gasteiger partial charge in [-0.3, -0.25) is 14.5 Å². The first kappa shape index (κ1) is 26.8. The lowest BCUT2D eigenvalue weighted by atomic mass is 9.78. The Balaban J connectivity index is 1.18. The number of carbonyl (C=O) groups is 2. The topological polar surface area (TPSA) is 79.9 Å². The average Bonchev–Trinajstić information content (AvgIpc) is 3.38. The van der Waals surface area contributed by atoms with Crippen LogP contribution in [-0.4, -0.2) is 54.7 Å². The van der Waals surface area contributed by atoms with Gasteiger partial charge in [-0.05, 0) is 43.0 Å². The summed E-state index contributed by atoms with van der Waals surface area (Å²) in [4.78, 5) is 27.1. The summed E-state index contributed by atoms with van der Waals surface area (Å²) >= 11 is 0. The highest BCUT2D eigenvalue weighted by molar-refractivity contribution is 5.96. The van der Waals surface area contributed by atoms with Gasteiger partial charge in [-0.1, -0.05) is 48.6 Å². The zero-order valence-corrected chi connectivity index (χ0v) is 21.3. The third kappa shape index (κ3) is 5.95. The van der Waals surface area contributed by atoms with Crippen molar-refractivity contribution < 1.29 is 32.2 Å². The Kier molecular flexibility index (Phi) is 7.65. The van der Waals surface area contributed by atoms with Crippen LogP contribution in [0.4, 0.5) is 13.2 Å². The number of rotatable bonds is 8. The van der Waals surface area contributed by atoms with E-state index in [0.717, 1.165) is 54.5 Å². The lowest BCUT2D eigenvalue weighted by Crippen LogP contribution is -2.68. The number of halogens is 3. The maximum absolute atomic E-state index is 12.9. The van der Waals surface area contributed by atoms with Crippen LogP contribution in [0.15, 0.2) is 78.3 Å². The number of likely N-dealkylation sites (tertiary alicyclic amines) is 1. The first-order chi connectivity index (χ1) is 18.7. The zero-order valence-electron chi connectivity index (χ0n) is 21.3. The second-order valence-electron chi connectivity index (χ2n) is 10.00. The summed E-state index contributed by atoms with van der Waals surface area (Å²) in [5.41, 5.74) is -0.288. The minimum Gasteiger partial charge on any atom is -0.458 e. The van der Waals surface area contributed by atoms with E-state index in [4.69, 9.17) is 9.47 Å². The second kappa shape index (κ2) is 11.1. The van der Waals surface area contributed by atoms with Gasteiger partial charge >= 0.3 is 6.18 Å². The number of benzene rings is 2. The molecule has 39 heavy (non-hydrogen) atoms. The Morgan fingerprint density at radius 3 is 2.54 bits per heavy atom. The van der Waals surface area contributed by atoms with E-state index in [1.54, 1.807) is 0 Å². The normalized spacial score (nSPS) is 21.6. The van der Waals surface area contributed by atoms with Crippen LogP contribution in [-0.2, 0) is 26.9 Å². The molecule has 1 unspecified atom stereocenters. The maximum Gasteiger partial charge on any atom is 0.416 e. The minimum atomic E-state index is -4.55. The molecule has 0 aromatic heterocycles. The number of nitrogens with zero attached hydrogens (tertiary/aromatic N) is 1. The molecule has 206 valence electrons. The first-order valence-electron chi connectivity index (χ1n) is 12.9. The van der Waals surface area contributed by atoms with Crippen LogP contribution >= 0.6 is 0 Å². The van der Waals surface area contributed by atoms with Crippen LogP contribution in [0, 0.1) is 0 Å². The third-order valence-electron chi connectivity index (χ3n) is 7.38. The molecule has 2 aromatic rings. The van der Waals surface area contributed by atoms with Crippen molar-refractivity contribution in [2.24, 2.45) is 0 Å². The van der Waals surface area contributed by atoms with Gasteiger partial charge in [0.1, 0.15) is 5.76 Å². The molecule has 7 nitrogen and oxygen atoms in total. The summed E-state index contributed by atoms with van der Waals surface area (Å²) in [7, 11) is 0. The largest absolute Gasteiger partial charge is 0.458 e. The molecular weight excluding hydrogens is 511 g/mol. The number of carbonyl (C=O) groups excluding carboxylic acids is 2. The summed E-state index contributed by atoms with van der Waals surface area (Å²) in [6.45, 7) is 1.06. The van der Waals surface area contributed by atoms with Gasteiger partial charge in [0.2, 0.25) is 12.7 Å². The van der Waals surface area contributed by atoms with E-state index in [-0.39, 0.29) is 30.5 Å². The smallest absolute Gasteiger partial charge is 0.416 e. The summed E-state index contributed by atoms with van der Waals surface area (Å²) in [5, 5.41) is 5.31. The van der Waals surface area contributed by atoms with E-state index in [9.17, 15) is 22.8 Å². The Morgan fingerprint density at radius 1 is 1.03 bits per heavy atom. The SMILES string of the molecule is O=C(CNC(=O)c1cccc(C(F)(F)F)c1)NC1CN(C2(C3=C(Cc4ccccc4)OCO3)CC=CCC2)C1. The number of hydrogen-bond acceptors (Lipinski definition) is 5. The van der Waals surface area contributed by atoms with Crippen molar-refractivity contribution in [3.05, 3.63) is 95.0 Å². The molecule has 3 aliphatic rings. The highest BCUT2D eigenvalue weighted by Gasteiger charge is 2.50. The summed E-state index contributed by atoms with van der Waals surface area (Å²) < 4.78 is 50.7. The molecule has 0 spiro atoms. The fourth-order valence-corrected chi connectivity index (χ4v) is 5.37. The minimum absolute atomic E-state index is 0.119. The molecule has 1 fully saturated rings. The van der Waals surface area contributed by atoms with Crippen LogP contribution in [0.1, 0.15) is 40.7 Å². The van der Waals surface area contributed by atoms with Gasteiger partial charge in [-0.15, -0.1) is 0 Å². The maximum atomic E-state index is 12.9. The molecule has 0 bridgehead atoms. The fourth-order valence-electron chi connectivity index (χ4n) is 5.37. The predicted molar refractivity (Wildman–Crippen MR) is 137 cm³/mol. The molecule has 1 aliphatic carbocycles. The van der Waals surface area contributed by atoms with Crippen LogP contribution in [0.2, 0.25) is 0 Å². The lowest BCUT2D eigenvalue weighted by molar-refractivity contribution is -0.137. The van der Waals surface area contributed by atoms with E-state index in [0.29, 0.717) is 19.5 Å². The van der Waals surface area contributed by atoms with Gasteiger partial charge in [0.15, 0.2) is 5.76 Å². The van der Waals surface area contributed by atoms with Gasteiger partial charge in [0.05, 0.1) is 23.7 Å². The quantitative estimate of drug-likeness (QED) is 0.491. The number of ether oxygens (including phenoxy) is 2. The van der Waals surface area contributed by atoms with Gasteiger partial charge in [0.25, 0.3) is 5.91 Å². The Hall–Kier alpha value is -3.79. The number of allylic oxidation sites excluding steroid dienone is 2. The van der Waals surface area contributed by atoms with Gasteiger partial charge in [0, 0.05) is 25.1 Å². The van der Waals surface area contributed by atoms with Crippen molar-refractivity contribution in [3.63, 3.8) is 0 Å². The molecule has 2 aliphatic heterocycles. The van der Waals surface area contributed by atoms with Crippen molar-refractivity contribution in [1.82, 2.24) is 15.5 Å². The van der Waals surface area contributed by atoms with Crippen molar-refractivity contribution in [2.75, 3.05) is 26.4 Å². The molecule has 2 heterocycles. The molecular formula is C29H30F3N3O4. The van der Waals surface area contributed by atoms with Crippen LogP contribution in [0.5, 0.6) is 0 Å². The summed E-state index contributed by atoms with van der Waals surface area (Å²) in [6.07, 6.45) is 2.96. The number of nitrogens with one attached hydrogen (secondary N) is 2. The fraction of sp³-hybridized carbons (Fsp3) is 0.379. The summed E-state index contributed by atoms with van der Waals surface area (Å²) in [5.74, 6) is 0.549. The molecule has 0 radical (unpaired) electrons. The Morgan fingerprint density at radius 2 is 1.82 bits per heavy atom. The van der Waals surface area contributed by atoms with Gasteiger partial charge < -0.3 is 20.1 Å². The monoisotopic (exact) mass is 541 g/mol. The van der Waals surface area contributed by atoms with E-state index in [1.165, 1.54) is 6.07 Å². The van der Waals surface area contributed by atoms with E-state index >= 15 is 0 Å². The van der Waals surface area contributed by atoms with Crippen molar-refractivity contribution in [3.8, 4) is 0 Å². The Bertz CT molecular complexity index is 1270. The highest BCUT2D eigenvalue weighted by atomic mass is 19.4. The van der Waals surface area contributed by atoms with E-state index < -0.39 is 23.6 Å². The highest BCUT2D eigenvalue weighted by Crippen LogP contribution is 2.44. The summed E-state index contributed by atoms with van der Waals surface area (Å²) in [6, 6.07) is 14.1. The number of amides is 2. The van der Waals surface area contributed by atoms with Crippen LogP contribution in [0.3, 0.4) is 0 Å². The van der Waals surface area contributed by atoms with Gasteiger partial charge in [-0.25, -0.2) is 0 Å². The Labute approximate surface area is 224 Å². The van der Waals surface area contributed by atoms with E-state index in [1.807, 2.05) is 18.2 Å². The molecule has 1 atom stereocenters. The van der Waals surface area contributed by atoms with E-state index in [2.05, 4.69) is 39.8 Å². The number of hydrogen-bond donors (Lipinski definition) is 2. The third-order valence-corrected chi connectivity index (χ3v) is 7.38. The average molecular weight is 542 g/mol. The molecule has 2 aromatic carbocycles. The van der Waals surface area contributed by atoms with Gasteiger partial charge in [-0.2, -0.15) is 13.2 Å². The van der Waals surface area contributed by atoms with Crippen LogP contribution in [0.25, 0.3) is 0 Å². The predicted octanol–water partition coefficient (Wildman–Crippen LogP) is 4.17. The second-order valence-corrected chi connectivity index (χ2v) is 10.00. The number of alkyl halides is 3. The molecule has 5 rings (SSSR count). The lowest BCUT2D eigenvalue weighted by Gasteiger charge is -2.52. The molecule has 2 N–H and O–H groups in total. The molecule has 0 saturated carbocycles. The van der Waals surface area contributed by atoms with Crippen molar-refractivity contribution >= 4 is 11.8 Å². The van der Waals surface area contributed by atoms with Crippen LogP contribution < -0.4 is 10.6 Å². The first-order valence-corrected chi connectivity index (χ1v) is 12.9. The molecule has 2 amide bonds. The van der Waals surface area contributed by atoms with Crippen molar-refractivity contribution in [2.45, 2.75) is 43.4 Å². The molecule has 10 heteroatoms.